The lowest BCUT2D eigenvalue weighted by Gasteiger charge is -2.14. The van der Waals surface area contributed by atoms with Crippen molar-refractivity contribution in [3.8, 4) is 5.69 Å². The number of nitrogens with one attached hydrogen (secondary N) is 1. The van der Waals surface area contributed by atoms with Gasteiger partial charge in [-0.1, -0.05) is 36.9 Å². The monoisotopic (exact) mass is 411 g/mol. The van der Waals surface area contributed by atoms with Gasteiger partial charge in [-0.15, -0.1) is 5.10 Å². The van der Waals surface area contributed by atoms with Crippen LogP contribution in [0.3, 0.4) is 0 Å². The van der Waals surface area contributed by atoms with Crippen LogP contribution in [0.25, 0.3) is 5.69 Å². The number of hydrogen-bond donors (Lipinski definition) is 1. The van der Waals surface area contributed by atoms with Gasteiger partial charge in [-0.05, 0) is 60.2 Å². The van der Waals surface area contributed by atoms with Crippen molar-refractivity contribution in [1.29, 1.82) is 0 Å². The number of benzene rings is 2. The van der Waals surface area contributed by atoms with Crippen molar-refractivity contribution in [3.63, 3.8) is 0 Å². The van der Waals surface area contributed by atoms with E-state index in [-0.39, 0.29) is 17.1 Å². The summed E-state index contributed by atoms with van der Waals surface area (Å²) in [6.45, 7) is 4.00. The zero-order valence-corrected chi connectivity index (χ0v) is 16.9. The van der Waals surface area contributed by atoms with E-state index in [9.17, 15) is 9.59 Å². The van der Waals surface area contributed by atoms with E-state index < -0.39 is 0 Å². The lowest BCUT2D eigenvalue weighted by atomic mass is 10.2. The highest BCUT2D eigenvalue weighted by Gasteiger charge is 2.22. The van der Waals surface area contributed by atoms with Gasteiger partial charge in [-0.3, -0.25) is 4.79 Å². The molecule has 9 heteroatoms. The van der Waals surface area contributed by atoms with Gasteiger partial charge in [0.05, 0.1) is 23.1 Å². The van der Waals surface area contributed by atoms with Crippen LogP contribution < -0.4 is 5.32 Å². The molecule has 0 bridgehead atoms. The molecule has 150 valence electrons. The number of anilines is 1. The van der Waals surface area contributed by atoms with Crippen LogP contribution in [0.1, 0.15) is 30.6 Å². The molecule has 2 aromatic carbocycles. The number of thioether (sulfide) groups is 1. The summed E-state index contributed by atoms with van der Waals surface area (Å²) < 4.78 is 6.57. The number of amides is 1. The van der Waals surface area contributed by atoms with Crippen molar-refractivity contribution in [2.75, 3.05) is 11.9 Å². The first-order chi connectivity index (χ1) is 14.1. The fourth-order valence-corrected chi connectivity index (χ4v) is 3.47. The second kappa shape index (κ2) is 9.83. The summed E-state index contributed by atoms with van der Waals surface area (Å²) in [5.41, 5.74) is 1.86. The van der Waals surface area contributed by atoms with Crippen LogP contribution in [0, 0.1) is 0 Å². The fraction of sp³-hybridized carbons (Fsp3) is 0.250. The number of carbonyl (C=O) groups is 2. The highest BCUT2D eigenvalue weighted by Crippen LogP contribution is 2.26. The number of carbonyl (C=O) groups excluding carboxylic acids is 2. The van der Waals surface area contributed by atoms with E-state index in [1.807, 2.05) is 37.3 Å². The molecule has 0 saturated heterocycles. The SMILES string of the molecule is CCOC(=O)c1ccc(NC(=O)C(CC)Sc2nnnn2-c2ccccc2)cc1. The molecule has 29 heavy (non-hydrogen) atoms. The summed E-state index contributed by atoms with van der Waals surface area (Å²) in [4.78, 5) is 24.5. The largest absolute Gasteiger partial charge is 0.462 e. The minimum atomic E-state index is -0.389. The first-order valence-electron chi connectivity index (χ1n) is 9.20. The molecular formula is C20H21N5O3S. The van der Waals surface area contributed by atoms with Crippen molar-refractivity contribution in [2.24, 2.45) is 0 Å². The van der Waals surface area contributed by atoms with E-state index in [4.69, 9.17) is 4.74 Å². The third-order valence-corrected chi connectivity index (χ3v) is 5.31. The Kier molecular flexibility index (Phi) is 6.96. The standard InChI is InChI=1S/C20H21N5O3S/c1-3-17(29-20-22-23-24-25(20)16-8-6-5-7-9-16)18(26)21-15-12-10-14(11-13-15)19(27)28-4-2/h5-13,17H,3-4H2,1-2H3,(H,21,26). The van der Waals surface area contributed by atoms with Crippen molar-refractivity contribution >= 4 is 29.3 Å². The maximum absolute atomic E-state index is 12.7. The van der Waals surface area contributed by atoms with E-state index in [1.165, 1.54) is 11.8 Å². The van der Waals surface area contributed by atoms with Gasteiger partial charge in [0.2, 0.25) is 11.1 Å². The molecule has 1 N–H and O–H groups in total. The van der Waals surface area contributed by atoms with Gasteiger partial charge in [0.15, 0.2) is 0 Å². The Hall–Kier alpha value is -3.20. The zero-order chi connectivity index (χ0) is 20.6. The smallest absolute Gasteiger partial charge is 0.338 e. The lowest BCUT2D eigenvalue weighted by Crippen LogP contribution is -2.25. The molecule has 0 aliphatic heterocycles. The van der Waals surface area contributed by atoms with E-state index in [2.05, 4.69) is 20.8 Å². The Morgan fingerprint density at radius 2 is 1.83 bits per heavy atom. The Bertz CT molecular complexity index is 960. The summed E-state index contributed by atoms with van der Waals surface area (Å²) >= 11 is 1.30. The van der Waals surface area contributed by atoms with E-state index in [0.29, 0.717) is 29.4 Å². The predicted octanol–water partition coefficient (Wildman–Crippen LogP) is 3.35. The zero-order valence-electron chi connectivity index (χ0n) is 16.1. The summed E-state index contributed by atoms with van der Waals surface area (Å²) in [5, 5.41) is 14.8. The molecule has 1 unspecified atom stereocenters. The molecule has 0 fully saturated rings. The average Bonchev–Trinajstić information content (AvgIpc) is 3.21. The number of esters is 1. The van der Waals surface area contributed by atoms with Gasteiger partial charge >= 0.3 is 5.97 Å². The minimum absolute atomic E-state index is 0.163. The molecule has 3 rings (SSSR count). The van der Waals surface area contributed by atoms with Crippen molar-refractivity contribution < 1.29 is 14.3 Å². The Morgan fingerprint density at radius 1 is 1.10 bits per heavy atom. The quantitative estimate of drug-likeness (QED) is 0.448. The van der Waals surface area contributed by atoms with E-state index in [0.717, 1.165) is 5.69 Å². The predicted molar refractivity (Wildman–Crippen MR) is 110 cm³/mol. The number of aromatic nitrogens is 4. The molecule has 1 atom stereocenters. The molecule has 1 aromatic heterocycles. The van der Waals surface area contributed by atoms with Crippen LogP contribution in [0.2, 0.25) is 0 Å². The molecule has 1 heterocycles. The summed E-state index contributed by atoms with van der Waals surface area (Å²) in [7, 11) is 0. The molecule has 1 amide bonds. The van der Waals surface area contributed by atoms with Crippen LogP contribution in [-0.2, 0) is 9.53 Å². The fourth-order valence-electron chi connectivity index (χ4n) is 2.56. The molecule has 0 saturated carbocycles. The van der Waals surface area contributed by atoms with Gasteiger partial charge in [-0.25, -0.2) is 4.79 Å². The second-order valence-electron chi connectivity index (χ2n) is 6.01. The van der Waals surface area contributed by atoms with Gasteiger partial charge in [-0.2, -0.15) is 4.68 Å². The Balaban J connectivity index is 1.67. The minimum Gasteiger partial charge on any atom is -0.462 e. The second-order valence-corrected chi connectivity index (χ2v) is 7.18. The van der Waals surface area contributed by atoms with Crippen LogP contribution in [0.5, 0.6) is 0 Å². The van der Waals surface area contributed by atoms with E-state index in [1.54, 1.807) is 35.9 Å². The number of tetrazole rings is 1. The molecule has 3 aromatic rings. The van der Waals surface area contributed by atoms with Crippen molar-refractivity contribution in [3.05, 3.63) is 60.2 Å². The lowest BCUT2D eigenvalue weighted by molar-refractivity contribution is -0.115. The summed E-state index contributed by atoms with van der Waals surface area (Å²) in [6.07, 6.45) is 0.596. The molecule has 8 nitrogen and oxygen atoms in total. The molecule has 0 spiro atoms. The van der Waals surface area contributed by atoms with Crippen LogP contribution in [-0.4, -0.2) is 43.9 Å². The number of hydrogen-bond acceptors (Lipinski definition) is 7. The molecule has 0 aliphatic carbocycles. The van der Waals surface area contributed by atoms with Crippen LogP contribution in [0.15, 0.2) is 59.8 Å². The van der Waals surface area contributed by atoms with Gasteiger partial charge in [0, 0.05) is 5.69 Å². The van der Waals surface area contributed by atoms with E-state index >= 15 is 0 Å². The normalized spacial score (nSPS) is 11.7. The highest BCUT2D eigenvalue weighted by molar-refractivity contribution is 8.00. The molecule has 0 radical (unpaired) electrons. The number of nitrogens with zero attached hydrogens (tertiary/aromatic N) is 4. The van der Waals surface area contributed by atoms with Crippen LogP contribution >= 0.6 is 11.8 Å². The first kappa shape index (κ1) is 20.5. The first-order valence-corrected chi connectivity index (χ1v) is 10.1. The third kappa shape index (κ3) is 5.20. The Morgan fingerprint density at radius 3 is 2.48 bits per heavy atom. The van der Waals surface area contributed by atoms with Crippen molar-refractivity contribution in [1.82, 2.24) is 20.2 Å². The average molecular weight is 411 g/mol. The Labute approximate surface area is 172 Å². The maximum Gasteiger partial charge on any atom is 0.338 e. The number of ether oxygens (including phenoxy) is 1. The van der Waals surface area contributed by atoms with Gasteiger partial charge < -0.3 is 10.1 Å². The number of para-hydroxylation sites is 1. The maximum atomic E-state index is 12.7. The summed E-state index contributed by atoms with van der Waals surface area (Å²) in [6, 6.07) is 16.1. The van der Waals surface area contributed by atoms with Crippen LogP contribution in [0.4, 0.5) is 5.69 Å². The summed E-state index contributed by atoms with van der Waals surface area (Å²) in [5.74, 6) is -0.552. The molecular weight excluding hydrogens is 390 g/mol. The number of rotatable bonds is 8. The molecule has 0 aliphatic rings. The topological polar surface area (TPSA) is 99.0 Å². The van der Waals surface area contributed by atoms with Gasteiger partial charge in [0.1, 0.15) is 0 Å². The highest BCUT2D eigenvalue weighted by atomic mass is 32.2. The van der Waals surface area contributed by atoms with Gasteiger partial charge in [0.25, 0.3) is 0 Å². The van der Waals surface area contributed by atoms with Crippen molar-refractivity contribution in [2.45, 2.75) is 30.7 Å². The third-order valence-electron chi connectivity index (χ3n) is 4.02.